The number of amides is 3. The predicted octanol–water partition coefficient (Wildman–Crippen LogP) is 6.08. The van der Waals surface area contributed by atoms with Gasteiger partial charge in [0.05, 0.1) is 16.9 Å². The van der Waals surface area contributed by atoms with Gasteiger partial charge < -0.3 is 10.0 Å². The zero-order chi connectivity index (χ0) is 37.0. The zero-order valence-corrected chi connectivity index (χ0v) is 29.6. The summed E-state index contributed by atoms with van der Waals surface area (Å²) in [6.45, 7) is 5.15. The van der Waals surface area contributed by atoms with Crippen LogP contribution in [0.3, 0.4) is 0 Å². The van der Waals surface area contributed by atoms with Crippen LogP contribution in [-0.2, 0) is 22.6 Å². The fraction of sp³-hybridized carbons (Fsp3) is 0.381. The molecule has 3 heterocycles. The van der Waals surface area contributed by atoms with Crippen molar-refractivity contribution in [3.63, 3.8) is 0 Å². The van der Waals surface area contributed by atoms with E-state index in [-0.39, 0.29) is 42.0 Å². The van der Waals surface area contributed by atoms with Gasteiger partial charge in [0, 0.05) is 62.2 Å². The Bertz CT molecular complexity index is 2200. The first-order valence-electron chi connectivity index (χ1n) is 18.4. The van der Waals surface area contributed by atoms with Crippen LogP contribution in [0.25, 0.3) is 10.8 Å². The number of aliphatic hydroxyl groups is 1. The smallest absolute Gasteiger partial charge is 0.259 e. The summed E-state index contributed by atoms with van der Waals surface area (Å²) in [5.41, 5.74) is 4.24. The Kier molecular flexibility index (Phi) is 8.99. The van der Waals surface area contributed by atoms with Crippen LogP contribution >= 0.6 is 0 Å². The minimum Gasteiger partial charge on any atom is -0.390 e. The fourth-order valence-corrected chi connectivity index (χ4v) is 8.71. The first kappa shape index (κ1) is 34.9. The maximum absolute atomic E-state index is 15.7. The number of hydrogen-bond acceptors (Lipinski definition) is 7. The maximum atomic E-state index is 15.7. The number of carbonyl (C=O) groups excluding carboxylic acids is 3. The Morgan fingerprint density at radius 2 is 1.68 bits per heavy atom. The normalized spacial score (nSPS) is 23.4. The Balaban J connectivity index is 0.935. The number of anilines is 2. The van der Waals surface area contributed by atoms with Gasteiger partial charge in [-0.05, 0) is 103 Å². The molecule has 1 saturated carbocycles. The summed E-state index contributed by atoms with van der Waals surface area (Å²) in [4.78, 5) is 43.8. The minimum absolute atomic E-state index is 0.0369. The number of nitrogens with one attached hydrogen (secondary N) is 1. The van der Waals surface area contributed by atoms with Crippen molar-refractivity contribution in [2.75, 3.05) is 36.0 Å². The highest BCUT2D eigenvalue weighted by Gasteiger charge is 2.41. The van der Waals surface area contributed by atoms with E-state index >= 15 is 8.78 Å². The summed E-state index contributed by atoms with van der Waals surface area (Å²) >= 11 is 0. The second-order valence-electron chi connectivity index (χ2n) is 15.3. The first-order valence-corrected chi connectivity index (χ1v) is 18.4. The van der Waals surface area contributed by atoms with Crippen molar-refractivity contribution >= 4 is 39.9 Å². The summed E-state index contributed by atoms with van der Waals surface area (Å²) in [6.07, 6.45) is 3.40. The summed E-state index contributed by atoms with van der Waals surface area (Å²) in [5.74, 6) is -1.88. The molecule has 2 saturated heterocycles. The van der Waals surface area contributed by atoms with Gasteiger partial charge in [0.25, 0.3) is 5.91 Å². The molecule has 4 aliphatic rings. The van der Waals surface area contributed by atoms with E-state index in [1.165, 1.54) is 11.0 Å². The van der Waals surface area contributed by atoms with Gasteiger partial charge in [-0.2, -0.15) is 5.26 Å². The molecule has 0 spiro atoms. The number of nitriles is 1. The summed E-state index contributed by atoms with van der Waals surface area (Å²) in [5, 5.41) is 24.1. The van der Waals surface area contributed by atoms with E-state index < -0.39 is 23.4 Å². The Morgan fingerprint density at radius 3 is 2.40 bits per heavy atom. The lowest BCUT2D eigenvalue weighted by molar-refractivity contribution is -0.134. The van der Waals surface area contributed by atoms with Gasteiger partial charge >= 0.3 is 0 Å². The average molecular weight is 718 g/mol. The predicted molar refractivity (Wildman–Crippen MR) is 197 cm³/mol. The maximum Gasteiger partial charge on any atom is 0.259 e. The third-order valence-corrected chi connectivity index (χ3v) is 11.7. The first-order chi connectivity index (χ1) is 25.5. The number of hydrogen-bond donors (Lipinski definition) is 2. The minimum atomic E-state index is -0.770. The van der Waals surface area contributed by atoms with Crippen LogP contribution in [0, 0.1) is 23.0 Å². The zero-order valence-electron chi connectivity index (χ0n) is 29.6. The molecule has 8 rings (SSSR count). The van der Waals surface area contributed by atoms with Gasteiger partial charge in [-0.25, -0.2) is 8.78 Å². The number of rotatable bonds is 7. The largest absolute Gasteiger partial charge is 0.390 e. The number of nitrogens with zero attached hydrogens (tertiary/aromatic N) is 4. The molecule has 53 heavy (non-hydrogen) atoms. The van der Waals surface area contributed by atoms with Gasteiger partial charge in [0.1, 0.15) is 23.7 Å². The van der Waals surface area contributed by atoms with Crippen LogP contribution in [0.1, 0.15) is 89.5 Å². The van der Waals surface area contributed by atoms with E-state index in [9.17, 15) is 24.8 Å². The Labute approximate surface area is 306 Å². The Morgan fingerprint density at radius 1 is 0.925 bits per heavy atom. The third-order valence-electron chi connectivity index (χ3n) is 11.7. The van der Waals surface area contributed by atoms with E-state index in [0.29, 0.717) is 81.6 Å². The standard InChI is InChI=1S/C42H41F2N5O4/c1-42(53)13-11-26(12-14-42)32-21-29(22-35(44)33(32)23-45)48-17-15-47(16-18-48)24-25-5-6-28(34(43)19-25)20-27-7-8-36-39-30(27)3-2-4-31(39)41(52)49(36)37-9-10-38(50)46-40(37)51/h2-8,19,21-22,26,37,53H,9-18,20,24H2,1H3,(H,46,50,51)/t26?,37-,42?/m0/s1. The molecule has 9 nitrogen and oxygen atoms in total. The fourth-order valence-electron chi connectivity index (χ4n) is 8.71. The quantitative estimate of drug-likeness (QED) is 0.223. The lowest BCUT2D eigenvalue weighted by Gasteiger charge is -2.37. The average Bonchev–Trinajstić information content (AvgIpc) is 3.42. The van der Waals surface area contributed by atoms with Crippen molar-refractivity contribution < 1.29 is 28.3 Å². The molecule has 1 atom stereocenters. The van der Waals surface area contributed by atoms with Gasteiger partial charge in [0.2, 0.25) is 11.8 Å². The highest BCUT2D eigenvalue weighted by Crippen LogP contribution is 2.43. The van der Waals surface area contributed by atoms with Crippen molar-refractivity contribution in [1.82, 2.24) is 10.2 Å². The second kappa shape index (κ2) is 13.7. The molecular weight excluding hydrogens is 676 g/mol. The van der Waals surface area contributed by atoms with E-state index in [1.807, 2.05) is 43.3 Å². The van der Waals surface area contributed by atoms with Gasteiger partial charge in [-0.15, -0.1) is 0 Å². The number of carbonyl (C=O) groups is 3. The van der Waals surface area contributed by atoms with E-state index in [4.69, 9.17) is 0 Å². The number of benzene rings is 4. The van der Waals surface area contributed by atoms with Gasteiger partial charge in [-0.1, -0.05) is 30.3 Å². The second-order valence-corrected chi connectivity index (χ2v) is 15.3. The molecule has 0 unspecified atom stereocenters. The highest BCUT2D eigenvalue weighted by molar-refractivity contribution is 6.27. The molecule has 3 fully saturated rings. The SMILES string of the molecule is CC1(O)CCC(c2cc(N3CCN(Cc4ccc(Cc5ccc6c7c(cccc57)C(=O)N6[C@H]5CCC(=O)NC5=O)c(F)c4)CC3)cc(F)c2C#N)CC1. The highest BCUT2D eigenvalue weighted by atomic mass is 19.1. The molecule has 0 bridgehead atoms. The van der Waals surface area contributed by atoms with Crippen LogP contribution in [0.4, 0.5) is 20.2 Å². The van der Waals surface area contributed by atoms with Crippen LogP contribution in [-0.4, -0.2) is 65.5 Å². The molecule has 272 valence electrons. The molecule has 0 radical (unpaired) electrons. The molecule has 0 aromatic heterocycles. The van der Waals surface area contributed by atoms with E-state index in [1.54, 1.807) is 18.2 Å². The molecular formula is C42H41F2N5O4. The lowest BCUT2D eigenvalue weighted by Crippen LogP contribution is -2.53. The molecule has 3 amide bonds. The van der Waals surface area contributed by atoms with Crippen LogP contribution < -0.4 is 15.1 Å². The van der Waals surface area contributed by atoms with Crippen molar-refractivity contribution in [1.29, 1.82) is 5.26 Å². The third kappa shape index (κ3) is 6.55. The lowest BCUT2D eigenvalue weighted by atomic mass is 9.76. The number of piperidine rings is 1. The molecule has 1 aliphatic carbocycles. The van der Waals surface area contributed by atoms with Gasteiger partial charge in [-0.3, -0.25) is 29.5 Å². The van der Waals surface area contributed by atoms with Crippen molar-refractivity contribution in [2.24, 2.45) is 0 Å². The molecule has 4 aromatic carbocycles. The molecule has 4 aromatic rings. The van der Waals surface area contributed by atoms with Gasteiger partial charge in [0.15, 0.2) is 0 Å². The summed E-state index contributed by atoms with van der Waals surface area (Å²) < 4.78 is 30.9. The van der Waals surface area contributed by atoms with E-state index in [2.05, 4.69) is 21.2 Å². The monoisotopic (exact) mass is 717 g/mol. The van der Waals surface area contributed by atoms with Crippen LogP contribution in [0.2, 0.25) is 0 Å². The molecule has 2 N–H and O–H groups in total. The summed E-state index contributed by atoms with van der Waals surface area (Å²) in [7, 11) is 0. The molecule has 11 heteroatoms. The number of imide groups is 1. The number of piperazine rings is 1. The van der Waals surface area contributed by atoms with Crippen molar-refractivity contribution in [3.05, 3.63) is 106 Å². The van der Waals surface area contributed by atoms with Crippen LogP contribution in [0.5, 0.6) is 0 Å². The number of halogens is 2. The van der Waals surface area contributed by atoms with Crippen molar-refractivity contribution in [2.45, 2.75) is 76.0 Å². The Hall–Kier alpha value is -5.18. The molecule has 3 aliphatic heterocycles. The van der Waals surface area contributed by atoms with Crippen LogP contribution in [0.15, 0.2) is 60.7 Å². The van der Waals surface area contributed by atoms with Crippen molar-refractivity contribution in [3.8, 4) is 6.07 Å². The topological polar surface area (TPSA) is 117 Å². The summed E-state index contributed by atoms with van der Waals surface area (Å²) in [6, 6.07) is 19.2. The van der Waals surface area contributed by atoms with E-state index in [0.717, 1.165) is 33.2 Å².